The first-order valence-corrected chi connectivity index (χ1v) is 19.5. The molecule has 0 heterocycles. The minimum absolute atomic E-state index is 0.253. The topological polar surface area (TPSA) is 54.4 Å². The van der Waals surface area contributed by atoms with Crippen LogP contribution >= 0.6 is 0 Å². The number of rotatable bonds is 19. The van der Waals surface area contributed by atoms with Crippen LogP contribution in [0, 0.1) is 0 Å². The molecule has 236 valence electrons. The number of unbranched alkanes of at least 4 members (excludes halogenated alkanes) is 12. The van der Waals surface area contributed by atoms with Crippen molar-refractivity contribution in [2.75, 3.05) is 0 Å². The lowest BCUT2D eigenvalue weighted by molar-refractivity contribution is 0.482. The molecule has 42 heavy (non-hydrogen) atoms. The Labute approximate surface area is 258 Å². The Hall–Kier alpha value is -1.39. The molecule has 2 aliphatic carbocycles. The van der Waals surface area contributed by atoms with Crippen molar-refractivity contribution in [1.82, 2.24) is 0 Å². The fraction of sp³-hybridized carbons (Fsp3) is 0.737. The summed E-state index contributed by atoms with van der Waals surface area (Å²) in [5, 5.41) is 2.02. The third kappa shape index (κ3) is 8.84. The van der Waals surface area contributed by atoms with Crippen LogP contribution in [0.25, 0.3) is 10.8 Å². The number of hydrogen-bond donors (Lipinski definition) is 1. The van der Waals surface area contributed by atoms with Gasteiger partial charge in [-0.05, 0) is 90.8 Å². The van der Waals surface area contributed by atoms with Crippen LogP contribution in [0.2, 0.25) is 0 Å². The van der Waals surface area contributed by atoms with Crippen molar-refractivity contribution in [3.05, 3.63) is 40.5 Å². The van der Waals surface area contributed by atoms with Crippen molar-refractivity contribution in [3.63, 3.8) is 0 Å². The van der Waals surface area contributed by atoms with E-state index in [1.807, 2.05) is 6.07 Å². The average Bonchev–Trinajstić information content (AvgIpc) is 3.70. The molecule has 2 aromatic carbocycles. The largest absolute Gasteiger partial charge is 0.295 e. The van der Waals surface area contributed by atoms with Gasteiger partial charge >= 0.3 is 0 Å². The van der Waals surface area contributed by atoms with E-state index in [2.05, 4.69) is 26.0 Å². The van der Waals surface area contributed by atoms with E-state index in [-0.39, 0.29) is 4.90 Å². The second-order valence-electron chi connectivity index (χ2n) is 13.7. The highest BCUT2D eigenvalue weighted by atomic mass is 32.2. The summed E-state index contributed by atoms with van der Waals surface area (Å²) in [6.07, 6.45) is 28.8. The van der Waals surface area contributed by atoms with Crippen LogP contribution < -0.4 is 0 Å². The molecule has 0 unspecified atom stereocenters. The summed E-state index contributed by atoms with van der Waals surface area (Å²) in [6, 6.07) is 6.37. The molecule has 2 aliphatic rings. The van der Waals surface area contributed by atoms with Crippen LogP contribution in [0.1, 0.15) is 189 Å². The van der Waals surface area contributed by atoms with Crippen LogP contribution in [-0.4, -0.2) is 13.0 Å². The maximum absolute atomic E-state index is 13.3. The quantitative estimate of drug-likeness (QED) is 0.130. The van der Waals surface area contributed by atoms with Crippen molar-refractivity contribution in [3.8, 4) is 0 Å². The van der Waals surface area contributed by atoms with Crippen LogP contribution in [0.15, 0.2) is 23.1 Å². The Balaban J connectivity index is 1.78. The summed E-state index contributed by atoms with van der Waals surface area (Å²) in [5.41, 5.74) is 5.13. The van der Waals surface area contributed by atoms with Gasteiger partial charge in [0.1, 0.15) is 4.90 Å². The van der Waals surface area contributed by atoms with E-state index in [9.17, 15) is 13.0 Å². The lowest BCUT2D eigenvalue weighted by Crippen LogP contribution is -2.14. The predicted molar refractivity (Wildman–Crippen MR) is 180 cm³/mol. The Bertz CT molecular complexity index is 1200. The summed E-state index contributed by atoms with van der Waals surface area (Å²) in [5.74, 6) is 1.02. The second kappa shape index (κ2) is 17.2. The first-order chi connectivity index (χ1) is 20.5. The molecule has 0 spiro atoms. The van der Waals surface area contributed by atoms with Crippen molar-refractivity contribution in [1.29, 1.82) is 0 Å². The maximum atomic E-state index is 13.3. The fourth-order valence-electron chi connectivity index (χ4n) is 8.28. The molecule has 0 aliphatic heterocycles. The molecule has 0 atom stereocenters. The zero-order valence-corrected chi connectivity index (χ0v) is 27.8. The zero-order chi connectivity index (χ0) is 29.8. The first-order valence-electron chi connectivity index (χ1n) is 18.0. The monoisotopic (exact) mass is 596 g/mol. The third-order valence-corrected chi connectivity index (χ3v) is 11.4. The Morgan fingerprint density at radius 1 is 0.643 bits per heavy atom. The summed E-state index contributed by atoms with van der Waals surface area (Å²) >= 11 is 0. The van der Waals surface area contributed by atoms with E-state index in [0.717, 1.165) is 43.1 Å². The molecule has 1 N–H and O–H groups in total. The molecule has 0 radical (unpaired) electrons. The molecule has 4 heteroatoms. The van der Waals surface area contributed by atoms with Gasteiger partial charge in [-0.25, -0.2) is 0 Å². The highest BCUT2D eigenvalue weighted by Gasteiger charge is 2.32. The lowest BCUT2D eigenvalue weighted by Gasteiger charge is -2.28. The second-order valence-corrected chi connectivity index (χ2v) is 15.0. The third-order valence-electron chi connectivity index (χ3n) is 10.5. The van der Waals surface area contributed by atoms with Crippen LogP contribution in [0.5, 0.6) is 0 Å². The van der Waals surface area contributed by atoms with E-state index < -0.39 is 10.1 Å². The van der Waals surface area contributed by atoms with Crippen LogP contribution in [0.4, 0.5) is 0 Å². The highest BCUT2D eigenvalue weighted by Crippen LogP contribution is 2.48. The van der Waals surface area contributed by atoms with Gasteiger partial charge < -0.3 is 0 Å². The van der Waals surface area contributed by atoms with Gasteiger partial charge in [-0.2, -0.15) is 8.42 Å². The maximum Gasteiger partial charge on any atom is 0.295 e. The summed E-state index contributed by atoms with van der Waals surface area (Å²) in [7, 11) is -4.36. The van der Waals surface area contributed by atoms with E-state index in [0.29, 0.717) is 11.8 Å². The van der Waals surface area contributed by atoms with Gasteiger partial charge in [-0.1, -0.05) is 135 Å². The molecule has 0 aromatic heterocycles. The predicted octanol–water partition coefficient (Wildman–Crippen LogP) is 12.0. The van der Waals surface area contributed by atoms with Crippen LogP contribution in [-0.2, 0) is 23.0 Å². The molecule has 2 saturated carbocycles. The Kier molecular flexibility index (Phi) is 13.7. The normalized spacial score (nSPS) is 16.7. The SMILES string of the molecule is CCCCCCCCCc1c(CCCCCCCCC)c(C2CCCC2)c2c(C3CCCC3)cccc2c1S(=O)(=O)O. The van der Waals surface area contributed by atoms with Crippen molar-refractivity contribution >= 4 is 20.9 Å². The molecule has 2 aromatic rings. The molecular weight excluding hydrogens is 536 g/mol. The minimum Gasteiger partial charge on any atom is -0.282 e. The van der Waals surface area contributed by atoms with Gasteiger partial charge in [-0.3, -0.25) is 4.55 Å². The van der Waals surface area contributed by atoms with E-state index in [1.165, 1.54) is 144 Å². The fourth-order valence-corrected chi connectivity index (χ4v) is 9.26. The van der Waals surface area contributed by atoms with Crippen LogP contribution in [0.3, 0.4) is 0 Å². The van der Waals surface area contributed by atoms with Gasteiger partial charge in [0.2, 0.25) is 0 Å². The van der Waals surface area contributed by atoms with E-state index in [1.54, 1.807) is 0 Å². The van der Waals surface area contributed by atoms with Gasteiger partial charge in [0.15, 0.2) is 0 Å². The molecule has 0 bridgehead atoms. The molecule has 4 rings (SSSR count). The standard InChI is InChI=1S/C38H60O3S/c1-3-5-7-9-11-13-15-26-33-34(27-16-14-12-10-8-6-4-2)38(42(39,40)41)35-29-21-28-32(30-22-17-18-23-30)37(35)36(33)31-24-19-20-25-31/h21,28-31H,3-20,22-27H2,1-2H3,(H,39,40,41). The number of fused-ring (bicyclic) bond motifs is 1. The number of benzene rings is 2. The van der Waals surface area contributed by atoms with Crippen molar-refractivity contribution < 1.29 is 13.0 Å². The van der Waals surface area contributed by atoms with Gasteiger partial charge in [-0.15, -0.1) is 0 Å². The Morgan fingerprint density at radius 3 is 1.64 bits per heavy atom. The van der Waals surface area contributed by atoms with E-state index >= 15 is 0 Å². The minimum atomic E-state index is -4.36. The van der Waals surface area contributed by atoms with E-state index in [4.69, 9.17) is 0 Å². The smallest absolute Gasteiger partial charge is 0.282 e. The molecular formula is C38H60O3S. The summed E-state index contributed by atoms with van der Waals surface area (Å²) in [4.78, 5) is 0.253. The summed E-state index contributed by atoms with van der Waals surface area (Å²) in [6.45, 7) is 4.52. The molecule has 3 nitrogen and oxygen atoms in total. The average molecular weight is 597 g/mol. The van der Waals surface area contributed by atoms with Gasteiger partial charge in [0.05, 0.1) is 0 Å². The molecule has 2 fully saturated rings. The first kappa shape index (κ1) is 33.5. The van der Waals surface area contributed by atoms with Gasteiger partial charge in [0, 0.05) is 5.39 Å². The molecule has 0 saturated heterocycles. The molecule has 0 amide bonds. The van der Waals surface area contributed by atoms with Crippen molar-refractivity contribution in [2.24, 2.45) is 0 Å². The lowest BCUT2D eigenvalue weighted by atomic mass is 9.79. The summed E-state index contributed by atoms with van der Waals surface area (Å²) < 4.78 is 37.5. The Morgan fingerprint density at radius 2 is 1.12 bits per heavy atom. The van der Waals surface area contributed by atoms with Gasteiger partial charge in [0.25, 0.3) is 10.1 Å². The number of hydrogen-bond acceptors (Lipinski definition) is 2. The highest BCUT2D eigenvalue weighted by molar-refractivity contribution is 7.86. The zero-order valence-electron chi connectivity index (χ0n) is 27.0. The van der Waals surface area contributed by atoms with Crippen molar-refractivity contribution in [2.45, 2.75) is 185 Å².